The molecule has 1 aliphatic carbocycles. The number of rotatable bonds is 4. The van der Waals surface area contributed by atoms with Gasteiger partial charge in [-0.1, -0.05) is 31.2 Å². The topological polar surface area (TPSA) is 29.1 Å². The van der Waals surface area contributed by atoms with E-state index in [1.807, 2.05) is 19.2 Å². The third-order valence-corrected chi connectivity index (χ3v) is 4.15. The average Bonchev–Trinajstić information content (AvgIpc) is 2.47. The maximum atomic E-state index is 12.4. The standard InChI is InChI=1S/C16H23NO/c1-3-12-4-6-13(7-5-12)16(18)14-8-10-15(17-2)11-9-14/h4-7,14-15,17H,3,8-11H2,1-2H3. The molecule has 0 radical (unpaired) electrons. The number of carbonyl (C=O) groups excluding carboxylic acids is 1. The van der Waals surface area contributed by atoms with Crippen molar-refractivity contribution >= 4 is 5.78 Å². The highest BCUT2D eigenvalue weighted by Gasteiger charge is 2.26. The van der Waals surface area contributed by atoms with E-state index in [-0.39, 0.29) is 5.92 Å². The summed E-state index contributed by atoms with van der Waals surface area (Å²) < 4.78 is 0. The van der Waals surface area contributed by atoms with Crippen LogP contribution in [0.4, 0.5) is 0 Å². The monoisotopic (exact) mass is 245 g/mol. The van der Waals surface area contributed by atoms with Gasteiger partial charge in [0.2, 0.25) is 0 Å². The first-order chi connectivity index (χ1) is 8.74. The molecule has 2 heteroatoms. The van der Waals surface area contributed by atoms with Crippen molar-refractivity contribution in [2.45, 2.75) is 45.1 Å². The summed E-state index contributed by atoms with van der Waals surface area (Å²) in [5.41, 5.74) is 2.19. The Morgan fingerprint density at radius 1 is 1.17 bits per heavy atom. The molecule has 0 aromatic heterocycles. The fourth-order valence-electron chi connectivity index (χ4n) is 2.78. The molecule has 1 aliphatic rings. The predicted octanol–water partition coefficient (Wildman–Crippen LogP) is 3.21. The lowest BCUT2D eigenvalue weighted by Gasteiger charge is -2.27. The van der Waals surface area contributed by atoms with Crippen molar-refractivity contribution in [1.82, 2.24) is 5.32 Å². The summed E-state index contributed by atoms with van der Waals surface area (Å²) in [7, 11) is 2.01. The second kappa shape index (κ2) is 6.14. The zero-order valence-corrected chi connectivity index (χ0v) is 11.4. The Morgan fingerprint density at radius 3 is 2.28 bits per heavy atom. The van der Waals surface area contributed by atoms with E-state index in [9.17, 15) is 4.79 Å². The van der Waals surface area contributed by atoms with E-state index in [4.69, 9.17) is 0 Å². The molecule has 98 valence electrons. The second-order valence-electron chi connectivity index (χ2n) is 5.25. The van der Waals surface area contributed by atoms with Crippen LogP contribution in [0, 0.1) is 5.92 Å². The number of aryl methyl sites for hydroxylation is 1. The maximum absolute atomic E-state index is 12.4. The molecular weight excluding hydrogens is 222 g/mol. The lowest BCUT2D eigenvalue weighted by atomic mass is 9.81. The van der Waals surface area contributed by atoms with Crippen molar-refractivity contribution in [1.29, 1.82) is 0 Å². The summed E-state index contributed by atoms with van der Waals surface area (Å²) >= 11 is 0. The number of hydrogen-bond acceptors (Lipinski definition) is 2. The van der Waals surface area contributed by atoms with Crippen LogP contribution >= 0.6 is 0 Å². The summed E-state index contributed by atoms with van der Waals surface area (Å²) in [6, 6.07) is 8.74. The quantitative estimate of drug-likeness (QED) is 0.825. The lowest BCUT2D eigenvalue weighted by molar-refractivity contribution is 0.0881. The van der Waals surface area contributed by atoms with E-state index in [1.165, 1.54) is 5.56 Å². The first kappa shape index (κ1) is 13.3. The van der Waals surface area contributed by atoms with Crippen molar-refractivity contribution < 1.29 is 4.79 Å². The highest BCUT2D eigenvalue weighted by molar-refractivity contribution is 5.97. The minimum Gasteiger partial charge on any atom is -0.317 e. The number of Topliss-reactive ketones (excluding diaryl/α,β-unsaturated/α-hetero) is 1. The van der Waals surface area contributed by atoms with E-state index >= 15 is 0 Å². The largest absolute Gasteiger partial charge is 0.317 e. The van der Waals surface area contributed by atoms with Gasteiger partial charge in [0.15, 0.2) is 5.78 Å². The Kier molecular flexibility index (Phi) is 4.54. The van der Waals surface area contributed by atoms with Gasteiger partial charge in [-0.2, -0.15) is 0 Å². The molecule has 2 rings (SSSR count). The van der Waals surface area contributed by atoms with E-state index in [2.05, 4.69) is 24.4 Å². The summed E-state index contributed by atoms with van der Waals surface area (Å²) in [5.74, 6) is 0.578. The molecule has 0 heterocycles. The first-order valence-corrected chi connectivity index (χ1v) is 7.05. The summed E-state index contributed by atoms with van der Waals surface area (Å²) in [6.07, 6.45) is 5.33. The van der Waals surface area contributed by atoms with Crippen molar-refractivity contribution in [3.63, 3.8) is 0 Å². The fraction of sp³-hybridized carbons (Fsp3) is 0.562. The van der Waals surface area contributed by atoms with Gasteiger partial charge in [0.1, 0.15) is 0 Å². The van der Waals surface area contributed by atoms with Gasteiger partial charge in [0, 0.05) is 17.5 Å². The lowest BCUT2D eigenvalue weighted by Crippen LogP contribution is -2.32. The summed E-state index contributed by atoms with van der Waals surface area (Å²) in [5, 5.41) is 3.31. The number of hydrogen-bond donors (Lipinski definition) is 1. The highest BCUT2D eigenvalue weighted by atomic mass is 16.1. The Labute approximate surface area is 110 Å². The van der Waals surface area contributed by atoms with Gasteiger partial charge in [-0.3, -0.25) is 4.79 Å². The van der Waals surface area contributed by atoms with Gasteiger partial charge in [0.05, 0.1) is 0 Å². The fourth-order valence-corrected chi connectivity index (χ4v) is 2.78. The van der Waals surface area contributed by atoms with Crippen LogP contribution in [-0.2, 0) is 6.42 Å². The SMILES string of the molecule is CCc1ccc(C(=O)C2CCC(NC)CC2)cc1. The smallest absolute Gasteiger partial charge is 0.165 e. The molecule has 1 aromatic carbocycles. The van der Waals surface area contributed by atoms with E-state index in [0.29, 0.717) is 11.8 Å². The van der Waals surface area contributed by atoms with Gasteiger partial charge in [-0.25, -0.2) is 0 Å². The van der Waals surface area contributed by atoms with Gasteiger partial charge < -0.3 is 5.32 Å². The Bertz CT molecular complexity index is 388. The molecular formula is C16H23NO. The third-order valence-electron chi connectivity index (χ3n) is 4.15. The van der Waals surface area contributed by atoms with Crippen LogP contribution in [0.5, 0.6) is 0 Å². The normalized spacial score (nSPS) is 23.9. The summed E-state index contributed by atoms with van der Waals surface area (Å²) in [6.45, 7) is 2.13. The van der Waals surface area contributed by atoms with Crippen molar-refractivity contribution in [2.24, 2.45) is 5.92 Å². The first-order valence-electron chi connectivity index (χ1n) is 7.05. The number of ketones is 1. The number of carbonyl (C=O) groups is 1. The molecule has 1 saturated carbocycles. The zero-order chi connectivity index (χ0) is 13.0. The van der Waals surface area contributed by atoms with Crippen LogP contribution in [0.2, 0.25) is 0 Å². The van der Waals surface area contributed by atoms with Crippen LogP contribution < -0.4 is 5.32 Å². The van der Waals surface area contributed by atoms with Gasteiger partial charge in [-0.05, 0) is 44.7 Å². The minimum absolute atomic E-state index is 0.238. The number of nitrogens with one attached hydrogen (secondary N) is 1. The van der Waals surface area contributed by atoms with Crippen LogP contribution in [0.25, 0.3) is 0 Å². The second-order valence-corrected chi connectivity index (χ2v) is 5.25. The van der Waals surface area contributed by atoms with Gasteiger partial charge in [-0.15, -0.1) is 0 Å². The Morgan fingerprint density at radius 2 is 1.78 bits per heavy atom. The van der Waals surface area contributed by atoms with Crippen molar-refractivity contribution in [3.05, 3.63) is 35.4 Å². The van der Waals surface area contributed by atoms with Crippen LogP contribution in [-0.4, -0.2) is 18.9 Å². The molecule has 0 spiro atoms. The van der Waals surface area contributed by atoms with E-state index < -0.39 is 0 Å². The van der Waals surface area contributed by atoms with Crippen molar-refractivity contribution in [2.75, 3.05) is 7.05 Å². The predicted molar refractivity (Wildman–Crippen MR) is 75.0 cm³/mol. The van der Waals surface area contributed by atoms with Gasteiger partial charge in [0.25, 0.3) is 0 Å². The third kappa shape index (κ3) is 2.99. The van der Waals surface area contributed by atoms with E-state index in [0.717, 1.165) is 37.7 Å². The summed E-state index contributed by atoms with van der Waals surface area (Å²) in [4.78, 5) is 12.4. The average molecular weight is 245 g/mol. The molecule has 0 saturated heterocycles. The maximum Gasteiger partial charge on any atom is 0.165 e. The number of benzene rings is 1. The highest BCUT2D eigenvalue weighted by Crippen LogP contribution is 2.27. The molecule has 1 aromatic rings. The Balaban J connectivity index is 1.98. The van der Waals surface area contributed by atoms with Crippen LogP contribution in [0.3, 0.4) is 0 Å². The molecule has 0 amide bonds. The minimum atomic E-state index is 0.238. The molecule has 1 N–H and O–H groups in total. The molecule has 0 bridgehead atoms. The van der Waals surface area contributed by atoms with Crippen molar-refractivity contribution in [3.8, 4) is 0 Å². The zero-order valence-electron chi connectivity index (χ0n) is 11.4. The van der Waals surface area contributed by atoms with Crippen LogP contribution in [0.1, 0.15) is 48.5 Å². The molecule has 18 heavy (non-hydrogen) atoms. The molecule has 0 aliphatic heterocycles. The van der Waals surface area contributed by atoms with Crippen LogP contribution in [0.15, 0.2) is 24.3 Å². The molecule has 1 fully saturated rings. The Hall–Kier alpha value is -1.15. The van der Waals surface area contributed by atoms with Gasteiger partial charge >= 0.3 is 0 Å². The molecule has 0 unspecified atom stereocenters. The van der Waals surface area contributed by atoms with E-state index in [1.54, 1.807) is 0 Å². The molecule has 0 atom stereocenters. The molecule has 2 nitrogen and oxygen atoms in total.